The molecule has 0 amide bonds. The van der Waals surface area contributed by atoms with E-state index < -0.39 is 11.6 Å². The fourth-order valence-corrected chi connectivity index (χ4v) is 2.25. The first-order chi connectivity index (χ1) is 10.7. The van der Waals surface area contributed by atoms with Crippen molar-refractivity contribution in [1.29, 1.82) is 0 Å². The van der Waals surface area contributed by atoms with Gasteiger partial charge in [0.15, 0.2) is 11.4 Å². The van der Waals surface area contributed by atoms with E-state index in [0.717, 1.165) is 16.5 Å². The van der Waals surface area contributed by atoms with Crippen molar-refractivity contribution in [3.8, 4) is 0 Å². The molecule has 0 atom stereocenters. The summed E-state index contributed by atoms with van der Waals surface area (Å²) >= 11 is 0. The third-order valence-corrected chi connectivity index (χ3v) is 3.23. The molecule has 1 aromatic heterocycles. The summed E-state index contributed by atoms with van der Waals surface area (Å²) < 4.78 is 9.58. The Morgan fingerprint density at radius 1 is 1.23 bits per heavy atom. The van der Waals surface area contributed by atoms with Crippen LogP contribution in [0, 0.1) is 0 Å². The summed E-state index contributed by atoms with van der Waals surface area (Å²) in [4.78, 5) is 23.5. The normalized spacial score (nSPS) is 10.6. The van der Waals surface area contributed by atoms with Gasteiger partial charge in [-0.15, -0.1) is 0 Å². The van der Waals surface area contributed by atoms with Crippen molar-refractivity contribution in [2.45, 2.75) is 6.92 Å². The third-order valence-electron chi connectivity index (χ3n) is 3.23. The van der Waals surface area contributed by atoms with Crippen LogP contribution in [0.3, 0.4) is 0 Å². The van der Waals surface area contributed by atoms with Gasteiger partial charge in [-0.25, -0.2) is 14.7 Å². The minimum atomic E-state index is -0.763. The molecule has 0 aliphatic rings. The van der Waals surface area contributed by atoms with E-state index in [2.05, 4.69) is 10.5 Å². The Hall–Kier alpha value is -3.02. The van der Waals surface area contributed by atoms with Crippen LogP contribution >= 0.6 is 0 Å². The Balaban J connectivity index is 2.03. The topological polar surface area (TPSA) is 84.3 Å². The maximum atomic E-state index is 11.9. The number of carbonyl (C=O) groups excluding carboxylic acids is 1. The van der Waals surface area contributed by atoms with Gasteiger partial charge in [-0.05, 0) is 18.4 Å². The Labute approximate surface area is 125 Å². The molecule has 0 aliphatic heterocycles. The molecule has 0 unspecified atom stereocenters. The van der Waals surface area contributed by atoms with E-state index in [9.17, 15) is 9.59 Å². The van der Waals surface area contributed by atoms with Crippen molar-refractivity contribution in [3.63, 3.8) is 0 Å². The van der Waals surface area contributed by atoms with Crippen molar-refractivity contribution < 1.29 is 14.1 Å². The lowest BCUT2D eigenvalue weighted by Crippen LogP contribution is -2.14. The lowest BCUT2D eigenvalue weighted by molar-refractivity contribution is 0.0524. The molecule has 3 rings (SSSR count). The summed E-state index contributed by atoms with van der Waals surface area (Å²) in [6.45, 7) is 1.85. The molecular formula is C16H14N2O4. The van der Waals surface area contributed by atoms with Crippen LogP contribution < -0.4 is 10.9 Å². The minimum absolute atomic E-state index is 0.171. The molecule has 0 bridgehead atoms. The smallest absolute Gasteiger partial charge is 0.374 e. The number of fused-ring (bicyclic) bond motifs is 1. The Morgan fingerprint density at radius 3 is 2.82 bits per heavy atom. The quantitative estimate of drug-likeness (QED) is 0.723. The molecule has 3 aromatic rings. The standard InChI is InChI=1S/C16H14N2O4/c1-2-21-15(19)13-14(18-22-16(13)20)17-12-9-5-7-10-6-3-4-8-11(10)12/h3-9,17-18H,2H2,1H3. The van der Waals surface area contributed by atoms with Crippen LogP contribution in [0.5, 0.6) is 0 Å². The SMILES string of the molecule is CCOC(=O)c1c(Nc2cccc3ccccc23)[nH]oc1=O. The van der Waals surface area contributed by atoms with E-state index in [0.29, 0.717) is 0 Å². The van der Waals surface area contributed by atoms with Crippen LogP contribution in [-0.4, -0.2) is 17.7 Å². The van der Waals surface area contributed by atoms with Gasteiger partial charge < -0.3 is 14.6 Å². The fourth-order valence-electron chi connectivity index (χ4n) is 2.25. The number of esters is 1. The number of H-pyrrole nitrogens is 1. The van der Waals surface area contributed by atoms with E-state index >= 15 is 0 Å². The molecule has 0 fully saturated rings. The average molecular weight is 298 g/mol. The molecule has 1 heterocycles. The number of aromatic nitrogens is 1. The molecular weight excluding hydrogens is 284 g/mol. The number of anilines is 2. The minimum Gasteiger partial charge on any atom is -0.462 e. The zero-order valence-electron chi connectivity index (χ0n) is 11.9. The van der Waals surface area contributed by atoms with Crippen LogP contribution in [0.25, 0.3) is 10.8 Å². The molecule has 0 spiro atoms. The van der Waals surface area contributed by atoms with Gasteiger partial charge >= 0.3 is 11.6 Å². The van der Waals surface area contributed by atoms with E-state index in [-0.39, 0.29) is 18.0 Å². The van der Waals surface area contributed by atoms with Crippen molar-refractivity contribution in [2.75, 3.05) is 11.9 Å². The second-order valence-electron chi connectivity index (χ2n) is 4.61. The van der Waals surface area contributed by atoms with Crippen LogP contribution in [0.2, 0.25) is 0 Å². The predicted molar refractivity (Wildman–Crippen MR) is 82.5 cm³/mol. The largest absolute Gasteiger partial charge is 0.462 e. The van der Waals surface area contributed by atoms with Gasteiger partial charge in [-0.1, -0.05) is 36.4 Å². The van der Waals surface area contributed by atoms with E-state index in [1.54, 1.807) is 6.92 Å². The second-order valence-corrected chi connectivity index (χ2v) is 4.61. The van der Waals surface area contributed by atoms with Gasteiger partial charge in [0, 0.05) is 11.1 Å². The molecule has 6 nitrogen and oxygen atoms in total. The van der Waals surface area contributed by atoms with Crippen LogP contribution in [0.15, 0.2) is 51.8 Å². The number of ether oxygens (including phenoxy) is 1. The van der Waals surface area contributed by atoms with Crippen molar-refractivity contribution in [1.82, 2.24) is 5.16 Å². The number of aromatic amines is 1. The van der Waals surface area contributed by atoms with Gasteiger partial charge in [0.25, 0.3) is 0 Å². The molecule has 0 aliphatic carbocycles. The van der Waals surface area contributed by atoms with Gasteiger partial charge in [0.1, 0.15) is 0 Å². The number of hydrogen-bond acceptors (Lipinski definition) is 5. The predicted octanol–water partition coefficient (Wildman–Crippen LogP) is 3.04. The molecule has 0 saturated carbocycles. The maximum Gasteiger partial charge on any atom is 0.374 e. The summed E-state index contributed by atoms with van der Waals surface area (Å²) in [5.41, 5.74) is -0.184. The monoisotopic (exact) mass is 298 g/mol. The first-order valence-electron chi connectivity index (χ1n) is 6.84. The number of rotatable bonds is 4. The second kappa shape index (κ2) is 5.77. The number of nitrogens with one attached hydrogen (secondary N) is 2. The molecule has 2 aromatic carbocycles. The number of hydrogen-bond donors (Lipinski definition) is 2. The maximum absolute atomic E-state index is 11.9. The Bertz CT molecular complexity index is 874. The summed E-state index contributed by atoms with van der Waals surface area (Å²) in [5.74, 6) is -0.542. The molecule has 22 heavy (non-hydrogen) atoms. The van der Waals surface area contributed by atoms with Gasteiger partial charge in [-0.3, -0.25) is 0 Å². The van der Waals surface area contributed by atoms with Gasteiger partial charge in [0.05, 0.1) is 6.61 Å². The highest BCUT2D eigenvalue weighted by Gasteiger charge is 2.22. The summed E-state index contributed by atoms with van der Waals surface area (Å²) in [5, 5.41) is 7.45. The molecule has 6 heteroatoms. The van der Waals surface area contributed by atoms with E-state index in [1.807, 2.05) is 42.5 Å². The highest BCUT2D eigenvalue weighted by atomic mass is 16.5. The zero-order valence-corrected chi connectivity index (χ0v) is 11.9. The number of carbonyl (C=O) groups is 1. The van der Waals surface area contributed by atoms with Gasteiger partial charge in [-0.2, -0.15) is 0 Å². The van der Waals surface area contributed by atoms with E-state index in [4.69, 9.17) is 9.26 Å². The van der Waals surface area contributed by atoms with Crippen molar-refractivity contribution >= 4 is 28.2 Å². The molecule has 112 valence electrons. The van der Waals surface area contributed by atoms with Crippen LogP contribution in [0.1, 0.15) is 17.3 Å². The fraction of sp³-hybridized carbons (Fsp3) is 0.125. The number of benzene rings is 2. The lowest BCUT2D eigenvalue weighted by atomic mass is 10.1. The zero-order chi connectivity index (χ0) is 15.5. The molecule has 0 radical (unpaired) electrons. The van der Waals surface area contributed by atoms with Crippen molar-refractivity contribution in [2.24, 2.45) is 0 Å². The average Bonchev–Trinajstić information content (AvgIpc) is 2.89. The third kappa shape index (κ3) is 2.46. The van der Waals surface area contributed by atoms with Crippen molar-refractivity contribution in [3.05, 3.63) is 58.4 Å². The molecule has 2 N–H and O–H groups in total. The van der Waals surface area contributed by atoms with E-state index in [1.165, 1.54) is 0 Å². The highest BCUT2D eigenvalue weighted by Crippen LogP contribution is 2.26. The first-order valence-corrected chi connectivity index (χ1v) is 6.84. The Kier molecular flexibility index (Phi) is 3.65. The first kappa shape index (κ1) is 13.9. The molecule has 0 saturated heterocycles. The summed E-state index contributed by atoms with van der Waals surface area (Å²) in [6, 6.07) is 13.5. The summed E-state index contributed by atoms with van der Waals surface area (Å²) in [7, 11) is 0. The van der Waals surface area contributed by atoms with Gasteiger partial charge in [0.2, 0.25) is 0 Å². The lowest BCUT2D eigenvalue weighted by Gasteiger charge is -2.08. The highest BCUT2D eigenvalue weighted by molar-refractivity contribution is 5.99. The Morgan fingerprint density at radius 2 is 2.00 bits per heavy atom. The van der Waals surface area contributed by atoms with Crippen LogP contribution in [-0.2, 0) is 4.74 Å². The van der Waals surface area contributed by atoms with Crippen LogP contribution in [0.4, 0.5) is 11.5 Å². The summed E-state index contributed by atoms with van der Waals surface area (Å²) in [6.07, 6.45) is 0.